The summed E-state index contributed by atoms with van der Waals surface area (Å²) < 4.78 is 0. The molecule has 0 aliphatic carbocycles. The highest BCUT2D eigenvalue weighted by Gasteiger charge is 2.19. The van der Waals surface area contributed by atoms with E-state index in [-0.39, 0.29) is 5.56 Å². The minimum Gasteiger partial charge on any atom is -0.478 e. The Morgan fingerprint density at radius 3 is 2.76 bits per heavy atom. The zero-order valence-corrected chi connectivity index (χ0v) is 11.4. The first-order valence-corrected chi connectivity index (χ1v) is 6.58. The summed E-state index contributed by atoms with van der Waals surface area (Å²) >= 11 is 0. The predicted molar refractivity (Wildman–Crippen MR) is 80.1 cm³/mol. The van der Waals surface area contributed by atoms with Gasteiger partial charge in [-0.25, -0.2) is 14.8 Å². The second kappa shape index (κ2) is 4.90. The summed E-state index contributed by atoms with van der Waals surface area (Å²) in [5.74, 6) is -0.385. The maximum Gasteiger partial charge on any atom is 0.338 e. The number of hydrogen-bond acceptors (Lipinski definition) is 4. The molecular weight excluding hydrogens is 268 g/mol. The van der Waals surface area contributed by atoms with E-state index in [2.05, 4.69) is 15.0 Å². The quantitative estimate of drug-likeness (QED) is 0.640. The fourth-order valence-corrected chi connectivity index (χ4v) is 2.31. The van der Waals surface area contributed by atoms with Crippen LogP contribution in [-0.4, -0.2) is 26.0 Å². The lowest BCUT2D eigenvalue weighted by molar-refractivity contribution is 0.0699. The molecule has 0 unspecified atom stereocenters. The number of fused-ring (bicyclic) bond motifs is 1. The number of nitrogens with zero attached hydrogens (tertiary/aromatic N) is 2. The lowest BCUT2D eigenvalue weighted by Crippen LogP contribution is -2.01. The molecule has 1 aromatic carbocycles. The lowest BCUT2D eigenvalue weighted by atomic mass is 10.0. The summed E-state index contributed by atoms with van der Waals surface area (Å²) in [5.41, 5.74) is 8.48. The van der Waals surface area contributed by atoms with Gasteiger partial charge in [-0.15, -0.1) is 0 Å². The van der Waals surface area contributed by atoms with Gasteiger partial charge in [0.25, 0.3) is 0 Å². The van der Waals surface area contributed by atoms with Crippen molar-refractivity contribution >= 4 is 22.7 Å². The molecule has 6 nitrogen and oxygen atoms in total. The molecule has 0 atom stereocenters. The Kier molecular flexibility index (Phi) is 3.06. The fourth-order valence-electron chi connectivity index (χ4n) is 2.31. The number of nitrogens with two attached hydrogens (primary N) is 1. The van der Waals surface area contributed by atoms with Gasteiger partial charge in [0.2, 0.25) is 0 Å². The smallest absolute Gasteiger partial charge is 0.338 e. The van der Waals surface area contributed by atoms with Gasteiger partial charge in [-0.05, 0) is 6.07 Å². The third-order valence-electron chi connectivity index (χ3n) is 3.34. The molecule has 0 saturated carbocycles. The molecule has 0 amide bonds. The molecular formula is C15H14N4O2. The third-order valence-corrected chi connectivity index (χ3v) is 3.34. The molecule has 106 valence electrons. The minimum atomic E-state index is -1.02. The van der Waals surface area contributed by atoms with Gasteiger partial charge in [0.05, 0.1) is 16.6 Å². The van der Waals surface area contributed by atoms with Gasteiger partial charge in [0.1, 0.15) is 11.5 Å². The molecule has 0 fully saturated rings. The molecule has 3 rings (SSSR count). The van der Waals surface area contributed by atoms with E-state index in [0.29, 0.717) is 40.2 Å². The highest BCUT2D eigenvalue weighted by atomic mass is 16.4. The van der Waals surface area contributed by atoms with Gasteiger partial charge >= 0.3 is 5.97 Å². The Bertz CT molecular complexity index is 839. The van der Waals surface area contributed by atoms with Crippen LogP contribution in [0.25, 0.3) is 22.3 Å². The number of rotatable bonds is 3. The summed E-state index contributed by atoms with van der Waals surface area (Å²) in [6, 6.07) is 7.27. The number of carboxylic acids is 1. The van der Waals surface area contributed by atoms with Crippen LogP contribution in [-0.2, 0) is 6.42 Å². The third kappa shape index (κ3) is 2.10. The second-order valence-corrected chi connectivity index (χ2v) is 4.66. The molecule has 0 bridgehead atoms. The van der Waals surface area contributed by atoms with Gasteiger partial charge in [-0.3, -0.25) is 0 Å². The van der Waals surface area contributed by atoms with Gasteiger partial charge < -0.3 is 15.8 Å². The van der Waals surface area contributed by atoms with E-state index >= 15 is 0 Å². The monoisotopic (exact) mass is 282 g/mol. The van der Waals surface area contributed by atoms with Crippen molar-refractivity contribution in [1.82, 2.24) is 15.0 Å². The van der Waals surface area contributed by atoms with E-state index in [1.807, 2.05) is 25.1 Å². The fraction of sp³-hybridized carbons (Fsp3) is 0.133. The molecule has 0 radical (unpaired) electrons. The number of benzene rings is 1. The normalized spacial score (nSPS) is 10.9. The standard InChI is InChI=1S/C15H14N4O2/c1-2-11-18-13(8-5-3-4-6-10(8)16)12-9(15(20)21)7-17-14(12)19-11/h3-7H,2,16H2,1H3,(H,20,21)(H,17,18,19). The van der Waals surface area contributed by atoms with E-state index in [4.69, 9.17) is 5.73 Å². The Morgan fingerprint density at radius 2 is 2.10 bits per heavy atom. The summed E-state index contributed by atoms with van der Waals surface area (Å²) in [6.07, 6.45) is 2.08. The van der Waals surface area contributed by atoms with Gasteiger partial charge in [-0.1, -0.05) is 25.1 Å². The van der Waals surface area contributed by atoms with Crippen LogP contribution in [0.15, 0.2) is 30.5 Å². The first-order chi connectivity index (χ1) is 10.1. The Labute approximate surface area is 120 Å². The van der Waals surface area contributed by atoms with E-state index in [1.165, 1.54) is 6.20 Å². The zero-order valence-electron chi connectivity index (χ0n) is 11.4. The average Bonchev–Trinajstić information content (AvgIpc) is 2.91. The SMILES string of the molecule is CCc1nc(-c2ccccc2N)c2c(C(=O)O)c[nH]c2n1. The lowest BCUT2D eigenvalue weighted by Gasteiger charge is -2.08. The van der Waals surface area contributed by atoms with Crippen LogP contribution in [0.5, 0.6) is 0 Å². The average molecular weight is 282 g/mol. The number of aromatic amines is 1. The number of anilines is 1. The van der Waals surface area contributed by atoms with Crippen LogP contribution in [0, 0.1) is 0 Å². The number of nitrogen functional groups attached to an aromatic ring is 1. The van der Waals surface area contributed by atoms with Crippen molar-refractivity contribution in [2.75, 3.05) is 5.73 Å². The van der Waals surface area contributed by atoms with Gasteiger partial charge in [-0.2, -0.15) is 0 Å². The largest absolute Gasteiger partial charge is 0.478 e. The highest BCUT2D eigenvalue weighted by molar-refractivity contribution is 6.08. The predicted octanol–water partition coefficient (Wildman–Crippen LogP) is 2.47. The van der Waals surface area contributed by atoms with Crippen molar-refractivity contribution in [1.29, 1.82) is 0 Å². The van der Waals surface area contributed by atoms with Crippen molar-refractivity contribution in [3.8, 4) is 11.3 Å². The number of aromatic nitrogens is 3. The molecule has 2 aromatic heterocycles. The molecule has 6 heteroatoms. The Hall–Kier alpha value is -2.89. The number of carbonyl (C=O) groups is 1. The van der Waals surface area contributed by atoms with Gasteiger partial charge in [0, 0.05) is 23.9 Å². The number of aromatic carboxylic acids is 1. The zero-order chi connectivity index (χ0) is 15.0. The van der Waals surface area contributed by atoms with E-state index in [0.717, 1.165) is 0 Å². The maximum atomic E-state index is 11.4. The van der Waals surface area contributed by atoms with Gasteiger partial charge in [0.15, 0.2) is 0 Å². The van der Waals surface area contributed by atoms with Crippen molar-refractivity contribution < 1.29 is 9.90 Å². The van der Waals surface area contributed by atoms with E-state index in [9.17, 15) is 9.90 Å². The maximum absolute atomic E-state index is 11.4. The molecule has 3 aromatic rings. The number of aryl methyl sites for hydroxylation is 1. The van der Waals surface area contributed by atoms with Crippen LogP contribution in [0.3, 0.4) is 0 Å². The van der Waals surface area contributed by atoms with Crippen molar-refractivity contribution in [2.45, 2.75) is 13.3 Å². The topological polar surface area (TPSA) is 105 Å². The first kappa shape index (κ1) is 13.1. The highest BCUT2D eigenvalue weighted by Crippen LogP contribution is 2.32. The number of hydrogen-bond donors (Lipinski definition) is 3. The number of nitrogens with one attached hydrogen (secondary N) is 1. The summed E-state index contributed by atoms with van der Waals surface area (Å²) in [4.78, 5) is 23.1. The van der Waals surface area contributed by atoms with Crippen molar-refractivity contribution in [2.24, 2.45) is 0 Å². The molecule has 2 heterocycles. The first-order valence-electron chi connectivity index (χ1n) is 6.58. The summed E-state index contributed by atoms with van der Waals surface area (Å²) in [7, 11) is 0. The molecule has 0 aliphatic heterocycles. The van der Waals surface area contributed by atoms with Crippen molar-refractivity contribution in [3.63, 3.8) is 0 Å². The van der Waals surface area contributed by atoms with Crippen LogP contribution in [0.1, 0.15) is 23.1 Å². The molecule has 0 spiro atoms. The van der Waals surface area contributed by atoms with Crippen LogP contribution < -0.4 is 5.73 Å². The molecule has 0 saturated heterocycles. The van der Waals surface area contributed by atoms with Crippen LogP contribution in [0.4, 0.5) is 5.69 Å². The number of para-hydroxylation sites is 1. The molecule has 21 heavy (non-hydrogen) atoms. The number of carboxylic acid groups (broad SMARTS) is 1. The van der Waals surface area contributed by atoms with Crippen LogP contribution in [0.2, 0.25) is 0 Å². The van der Waals surface area contributed by atoms with E-state index in [1.54, 1.807) is 6.07 Å². The summed E-state index contributed by atoms with van der Waals surface area (Å²) in [5, 5.41) is 9.82. The Balaban J connectivity index is 2.41. The summed E-state index contributed by atoms with van der Waals surface area (Å²) in [6.45, 7) is 1.94. The van der Waals surface area contributed by atoms with Crippen molar-refractivity contribution in [3.05, 3.63) is 41.9 Å². The van der Waals surface area contributed by atoms with Crippen LogP contribution >= 0.6 is 0 Å². The number of H-pyrrole nitrogens is 1. The molecule has 4 N–H and O–H groups in total. The second-order valence-electron chi connectivity index (χ2n) is 4.66. The molecule has 0 aliphatic rings. The minimum absolute atomic E-state index is 0.144. The van der Waals surface area contributed by atoms with E-state index < -0.39 is 5.97 Å². The Morgan fingerprint density at radius 1 is 1.33 bits per heavy atom.